The molecule has 6 aromatic carbocycles. The van der Waals surface area contributed by atoms with E-state index in [-0.39, 0.29) is 41.2 Å². The van der Waals surface area contributed by atoms with Gasteiger partial charge in [0.15, 0.2) is 0 Å². The number of carbonyl (C=O) groups excluding carboxylic acids is 3. The smallest absolute Gasteiger partial charge is 0.293 e. The molecule has 2 heterocycles. The van der Waals surface area contributed by atoms with Gasteiger partial charge in [-0.15, -0.1) is 0 Å². The van der Waals surface area contributed by atoms with Crippen molar-refractivity contribution in [1.29, 1.82) is 0 Å². The molecule has 6 N–H and O–H groups in total. The summed E-state index contributed by atoms with van der Waals surface area (Å²) in [4.78, 5) is 71.7. The third-order valence-corrected chi connectivity index (χ3v) is 9.98. The Kier molecular flexibility index (Phi) is 10.3. The summed E-state index contributed by atoms with van der Waals surface area (Å²) in [5.41, 5.74) is 8.95. The van der Waals surface area contributed by atoms with E-state index in [9.17, 15) is 34.6 Å². The zero-order chi connectivity index (χ0) is 41.9. The molecule has 16 nitrogen and oxygen atoms in total. The van der Waals surface area contributed by atoms with Crippen LogP contribution in [0.3, 0.4) is 0 Å². The standard InChI is InChI=1S/C44H33N9O7/c45-42(54)37(51-44(56)26-18-20-36(39(24-26)53(59)60)50-41-29-11-3-7-15-33(29)48-34-16-8-4-12-30(34)41)21-22-46-43(55)25-17-19-35(38(23-25)52(57)58)49-40-27-9-1-5-13-31(27)47-32-14-6-2-10-28(32)40/h1-20,23-24,37H,21-22H2,(H2,45,54)(H,46,55)(H,47,49)(H,48,50)(H,51,56)/t37-/m0/s1. The maximum atomic E-state index is 13.4. The van der Waals surface area contributed by atoms with Crippen molar-refractivity contribution in [1.82, 2.24) is 20.6 Å². The lowest BCUT2D eigenvalue weighted by atomic mass is 10.1. The van der Waals surface area contributed by atoms with Gasteiger partial charge in [0.05, 0.1) is 43.3 Å². The van der Waals surface area contributed by atoms with Gasteiger partial charge < -0.3 is 27.0 Å². The first kappa shape index (κ1) is 38.3. The van der Waals surface area contributed by atoms with Crippen LogP contribution >= 0.6 is 0 Å². The molecule has 0 aliphatic rings. The van der Waals surface area contributed by atoms with Crippen molar-refractivity contribution >= 4 is 95.5 Å². The lowest BCUT2D eigenvalue weighted by Crippen LogP contribution is -2.46. The molecule has 0 aliphatic heterocycles. The second-order valence-electron chi connectivity index (χ2n) is 13.7. The van der Waals surface area contributed by atoms with Crippen molar-refractivity contribution < 1.29 is 24.2 Å². The van der Waals surface area contributed by atoms with E-state index in [1.165, 1.54) is 24.3 Å². The number of anilines is 4. The first-order chi connectivity index (χ1) is 29.0. The van der Waals surface area contributed by atoms with Gasteiger partial charge in [-0.3, -0.25) is 34.6 Å². The number of nitrogens with zero attached hydrogens (tertiary/aromatic N) is 4. The minimum absolute atomic E-state index is 0.0230. The predicted octanol–water partition coefficient (Wildman–Crippen LogP) is 7.80. The average molecular weight is 800 g/mol. The molecular weight excluding hydrogens is 767 g/mol. The number of pyridine rings is 2. The minimum Gasteiger partial charge on any atom is -0.368 e. The Labute approximate surface area is 339 Å². The molecule has 8 rings (SSSR count). The molecule has 0 unspecified atom stereocenters. The van der Waals surface area contributed by atoms with Crippen LogP contribution in [0.2, 0.25) is 0 Å². The molecule has 0 saturated carbocycles. The molecular formula is C44H33N9O7. The Balaban J connectivity index is 0.956. The number of nitro groups is 2. The van der Waals surface area contributed by atoms with Crippen LogP contribution in [0, 0.1) is 20.2 Å². The summed E-state index contributed by atoms with van der Waals surface area (Å²) in [6.07, 6.45) is -0.152. The van der Waals surface area contributed by atoms with E-state index in [1.54, 1.807) is 0 Å². The first-order valence-corrected chi connectivity index (χ1v) is 18.6. The van der Waals surface area contributed by atoms with Crippen LogP contribution in [0.5, 0.6) is 0 Å². The van der Waals surface area contributed by atoms with Crippen molar-refractivity contribution in [2.45, 2.75) is 12.5 Å². The highest BCUT2D eigenvalue weighted by Crippen LogP contribution is 2.38. The van der Waals surface area contributed by atoms with Gasteiger partial charge in [-0.05, 0) is 55.0 Å². The number of nitrogens with one attached hydrogen (secondary N) is 4. The third kappa shape index (κ3) is 7.62. The quantitative estimate of drug-likeness (QED) is 0.0428. The van der Waals surface area contributed by atoms with E-state index in [4.69, 9.17) is 10.7 Å². The van der Waals surface area contributed by atoms with Crippen molar-refractivity contribution in [3.63, 3.8) is 0 Å². The lowest BCUT2D eigenvalue weighted by Gasteiger charge is -2.17. The number of hydrogen-bond donors (Lipinski definition) is 5. The van der Waals surface area contributed by atoms with Crippen LogP contribution in [-0.2, 0) is 4.79 Å². The largest absolute Gasteiger partial charge is 0.368 e. The number of nitrogens with two attached hydrogens (primary N) is 1. The number of aromatic nitrogens is 2. The van der Waals surface area contributed by atoms with Gasteiger partial charge in [0.2, 0.25) is 5.91 Å². The SMILES string of the molecule is NC(=O)[C@H](CCNC(=O)c1ccc(Nc2c3ccccc3nc3ccccc23)c([N+](=O)[O-])c1)NC(=O)c1ccc(Nc2c3ccccc3nc3ccccc23)c([N+](=O)[O-])c1. The highest BCUT2D eigenvalue weighted by atomic mass is 16.6. The second kappa shape index (κ2) is 16.1. The molecule has 0 spiro atoms. The summed E-state index contributed by atoms with van der Waals surface area (Å²) in [5, 5.41) is 39.0. The van der Waals surface area contributed by atoms with Crippen LogP contribution in [0.4, 0.5) is 34.1 Å². The van der Waals surface area contributed by atoms with Crippen LogP contribution in [0.25, 0.3) is 43.6 Å². The summed E-state index contributed by atoms with van der Waals surface area (Å²) in [7, 11) is 0. The van der Waals surface area contributed by atoms with Crippen molar-refractivity contribution in [2.75, 3.05) is 17.2 Å². The molecule has 0 aliphatic carbocycles. The number of para-hydroxylation sites is 4. The summed E-state index contributed by atoms with van der Waals surface area (Å²) in [5.74, 6) is -2.40. The molecule has 0 fully saturated rings. The molecule has 0 saturated heterocycles. The number of amides is 3. The Hall–Kier alpha value is -8.53. The van der Waals surface area contributed by atoms with Crippen LogP contribution in [0.1, 0.15) is 27.1 Å². The minimum atomic E-state index is -1.28. The highest BCUT2D eigenvalue weighted by Gasteiger charge is 2.24. The van der Waals surface area contributed by atoms with Gasteiger partial charge in [-0.2, -0.15) is 0 Å². The van der Waals surface area contributed by atoms with Gasteiger partial charge in [0.1, 0.15) is 17.4 Å². The highest BCUT2D eigenvalue weighted by molar-refractivity contribution is 6.10. The van der Waals surface area contributed by atoms with E-state index in [0.29, 0.717) is 33.4 Å². The van der Waals surface area contributed by atoms with E-state index in [0.717, 1.165) is 33.7 Å². The second-order valence-corrected chi connectivity index (χ2v) is 13.7. The number of primary amides is 1. The Morgan fingerprint density at radius 2 is 0.950 bits per heavy atom. The maximum absolute atomic E-state index is 13.4. The van der Waals surface area contributed by atoms with E-state index in [2.05, 4.69) is 26.3 Å². The summed E-state index contributed by atoms with van der Waals surface area (Å²) in [6, 6.07) is 36.1. The average Bonchev–Trinajstić information content (AvgIpc) is 3.25. The Morgan fingerprint density at radius 3 is 1.33 bits per heavy atom. The van der Waals surface area contributed by atoms with Gasteiger partial charge in [0, 0.05) is 51.3 Å². The van der Waals surface area contributed by atoms with Crippen molar-refractivity contribution in [3.8, 4) is 0 Å². The van der Waals surface area contributed by atoms with Gasteiger partial charge in [0.25, 0.3) is 23.2 Å². The maximum Gasteiger partial charge on any atom is 0.293 e. The number of fused-ring (bicyclic) bond motifs is 4. The first-order valence-electron chi connectivity index (χ1n) is 18.6. The van der Waals surface area contributed by atoms with Crippen molar-refractivity contribution in [3.05, 3.63) is 165 Å². The molecule has 60 heavy (non-hydrogen) atoms. The number of nitro benzene ring substituents is 2. The van der Waals surface area contributed by atoms with Crippen LogP contribution in [0.15, 0.2) is 133 Å². The fourth-order valence-electron chi connectivity index (χ4n) is 7.04. The zero-order valence-corrected chi connectivity index (χ0v) is 31.4. The van der Waals surface area contributed by atoms with Crippen LogP contribution < -0.4 is 27.0 Å². The van der Waals surface area contributed by atoms with Crippen molar-refractivity contribution in [2.24, 2.45) is 5.73 Å². The van der Waals surface area contributed by atoms with Gasteiger partial charge in [-0.1, -0.05) is 72.8 Å². The Bertz CT molecular complexity index is 2960. The molecule has 8 aromatic rings. The van der Waals surface area contributed by atoms with E-state index in [1.807, 2.05) is 97.1 Å². The predicted molar refractivity (Wildman–Crippen MR) is 229 cm³/mol. The molecule has 2 aromatic heterocycles. The molecule has 1 atom stereocenters. The number of carbonyl (C=O) groups is 3. The van der Waals surface area contributed by atoms with Gasteiger partial charge >= 0.3 is 0 Å². The summed E-state index contributed by atoms with van der Waals surface area (Å²) < 4.78 is 0. The topological polar surface area (TPSA) is 237 Å². The molecule has 0 bridgehead atoms. The number of rotatable bonds is 13. The molecule has 16 heteroatoms. The fraction of sp³-hybridized carbons (Fsp3) is 0.0682. The molecule has 3 amide bonds. The normalized spacial score (nSPS) is 11.6. The summed E-state index contributed by atoms with van der Waals surface area (Å²) >= 11 is 0. The molecule has 0 radical (unpaired) electrons. The van der Waals surface area contributed by atoms with E-state index >= 15 is 0 Å². The van der Waals surface area contributed by atoms with Crippen LogP contribution in [-0.4, -0.2) is 50.1 Å². The van der Waals surface area contributed by atoms with Gasteiger partial charge in [-0.25, -0.2) is 9.97 Å². The third-order valence-electron chi connectivity index (χ3n) is 9.98. The number of benzene rings is 6. The fourth-order valence-corrected chi connectivity index (χ4v) is 7.04. The monoisotopic (exact) mass is 799 g/mol. The Morgan fingerprint density at radius 1 is 0.567 bits per heavy atom. The lowest BCUT2D eigenvalue weighted by molar-refractivity contribution is -0.384. The summed E-state index contributed by atoms with van der Waals surface area (Å²) in [6.45, 7) is -0.160. The zero-order valence-electron chi connectivity index (χ0n) is 31.4. The molecule has 296 valence electrons. The number of hydrogen-bond acceptors (Lipinski definition) is 11. The van der Waals surface area contributed by atoms with E-state index < -0.39 is 39.3 Å².